The first-order valence-corrected chi connectivity index (χ1v) is 27.5. The molecule has 0 heterocycles. The summed E-state index contributed by atoms with van der Waals surface area (Å²) in [5.41, 5.74) is 0. The molecule has 0 aromatic carbocycles. The molecule has 0 saturated heterocycles. The van der Waals surface area contributed by atoms with Crippen molar-refractivity contribution in [1.82, 2.24) is 0 Å². The van der Waals surface area contributed by atoms with E-state index in [1.54, 1.807) is 0 Å². The van der Waals surface area contributed by atoms with Gasteiger partial charge in [-0.25, -0.2) is 0 Å². The second kappa shape index (κ2) is 52.3. The van der Waals surface area contributed by atoms with Gasteiger partial charge in [0.2, 0.25) is 0 Å². The zero-order valence-corrected chi connectivity index (χ0v) is 42.1. The van der Waals surface area contributed by atoms with Gasteiger partial charge in [0, 0.05) is 19.3 Å². The number of carbonyl (C=O) groups excluding carboxylic acids is 3. The van der Waals surface area contributed by atoms with Gasteiger partial charge in [-0.3, -0.25) is 14.4 Å². The number of esters is 3. The van der Waals surface area contributed by atoms with Gasteiger partial charge in [-0.2, -0.15) is 0 Å². The molecule has 368 valence electrons. The Morgan fingerprint density at radius 3 is 0.937 bits per heavy atom. The summed E-state index contributed by atoms with van der Waals surface area (Å²) in [6.45, 7) is 6.62. The highest BCUT2D eigenvalue weighted by molar-refractivity contribution is 5.71. The van der Waals surface area contributed by atoms with Crippen LogP contribution in [0.4, 0.5) is 0 Å². The third-order valence-electron chi connectivity index (χ3n) is 12.1. The van der Waals surface area contributed by atoms with Crippen molar-refractivity contribution >= 4 is 17.9 Å². The van der Waals surface area contributed by atoms with Gasteiger partial charge in [-0.05, 0) is 77.0 Å². The SMILES string of the molecule is CCCCC/C=C\C/C=C\CCCCCCCCCC(=O)OC[C@H](COC(=O)CCCCCCCCCCCCCCC)OC(=O)CCCCCCCCC/C=C\CCCCCC. The van der Waals surface area contributed by atoms with Crippen LogP contribution in [0.1, 0.15) is 290 Å². The van der Waals surface area contributed by atoms with Gasteiger partial charge in [0.05, 0.1) is 0 Å². The topological polar surface area (TPSA) is 78.9 Å². The average Bonchev–Trinajstić information content (AvgIpc) is 3.28. The van der Waals surface area contributed by atoms with Crippen LogP contribution in [-0.4, -0.2) is 37.2 Å². The lowest BCUT2D eigenvalue weighted by Crippen LogP contribution is -2.30. The van der Waals surface area contributed by atoms with Gasteiger partial charge in [0.1, 0.15) is 13.2 Å². The Balaban J connectivity index is 4.36. The summed E-state index contributed by atoms with van der Waals surface area (Å²) in [6.07, 6.45) is 61.2. The minimum Gasteiger partial charge on any atom is -0.462 e. The average molecular weight is 885 g/mol. The summed E-state index contributed by atoms with van der Waals surface area (Å²) in [7, 11) is 0. The largest absolute Gasteiger partial charge is 0.462 e. The van der Waals surface area contributed by atoms with Gasteiger partial charge < -0.3 is 14.2 Å². The fraction of sp³-hybridized carbons (Fsp3) is 0.842. The molecule has 0 spiro atoms. The van der Waals surface area contributed by atoms with E-state index >= 15 is 0 Å². The predicted octanol–water partition coefficient (Wildman–Crippen LogP) is 18.1. The molecular formula is C57H104O6. The van der Waals surface area contributed by atoms with Crippen molar-refractivity contribution in [2.75, 3.05) is 13.2 Å². The van der Waals surface area contributed by atoms with E-state index in [9.17, 15) is 14.4 Å². The fourth-order valence-electron chi connectivity index (χ4n) is 7.94. The van der Waals surface area contributed by atoms with E-state index in [4.69, 9.17) is 14.2 Å². The van der Waals surface area contributed by atoms with Crippen molar-refractivity contribution < 1.29 is 28.6 Å². The lowest BCUT2D eigenvalue weighted by atomic mass is 10.0. The summed E-state index contributed by atoms with van der Waals surface area (Å²) in [5, 5.41) is 0. The van der Waals surface area contributed by atoms with E-state index in [0.29, 0.717) is 19.3 Å². The molecule has 0 N–H and O–H groups in total. The molecule has 0 aliphatic carbocycles. The molecule has 0 aliphatic rings. The summed E-state index contributed by atoms with van der Waals surface area (Å²) in [4.78, 5) is 38.0. The molecule has 0 amide bonds. The molecule has 0 unspecified atom stereocenters. The Morgan fingerprint density at radius 2 is 0.571 bits per heavy atom. The smallest absolute Gasteiger partial charge is 0.306 e. The molecule has 1 atom stereocenters. The summed E-state index contributed by atoms with van der Waals surface area (Å²) in [5.74, 6) is -0.872. The van der Waals surface area contributed by atoms with E-state index < -0.39 is 6.10 Å². The third-order valence-corrected chi connectivity index (χ3v) is 12.1. The minimum absolute atomic E-state index is 0.0731. The maximum atomic E-state index is 12.8. The molecule has 0 aromatic heterocycles. The number of rotatable bonds is 50. The zero-order valence-electron chi connectivity index (χ0n) is 42.1. The first-order chi connectivity index (χ1) is 31.0. The number of carbonyl (C=O) groups is 3. The van der Waals surface area contributed by atoms with E-state index in [0.717, 1.165) is 70.6 Å². The Bertz CT molecular complexity index is 1060. The number of hydrogen-bond acceptors (Lipinski definition) is 6. The Labute approximate surface area is 391 Å². The van der Waals surface area contributed by atoms with Crippen LogP contribution in [0, 0.1) is 0 Å². The van der Waals surface area contributed by atoms with Crippen molar-refractivity contribution in [1.29, 1.82) is 0 Å². The number of ether oxygens (including phenoxy) is 3. The molecule has 6 nitrogen and oxygen atoms in total. The normalized spacial score (nSPS) is 12.2. The Morgan fingerprint density at radius 1 is 0.317 bits per heavy atom. The third kappa shape index (κ3) is 50.5. The van der Waals surface area contributed by atoms with E-state index in [2.05, 4.69) is 57.2 Å². The number of allylic oxidation sites excluding steroid dienone is 6. The quantitative estimate of drug-likeness (QED) is 0.0262. The maximum absolute atomic E-state index is 12.8. The molecule has 0 bridgehead atoms. The van der Waals surface area contributed by atoms with Gasteiger partial charge >= 0.3 is 17.9 Å². The predicted molar refractivity (Wildman–Crippen MR) is 270 cm³/mol. The minimum atomic E-state index is -0.774. The molecule has 0 aromatic rings. The van der Waals surface area contributed by atoms with Crippen LogP contribution < -0.4 is 0 Å². The first kappa shape index (κ1) is 60.6. The first-order valence-electron chi connectivity index (χ1n) is 27.5. The van der Waals surface area contributed by atoms with Gasteiger partial charge in [0.25, 0.3) is 0 Å². The maximum Gasteiger partial charge on any atom is 0.306 e. The lowest BCUT2D eigenvalue weighted by molar-refractivity contribution is -0.167. The molecule has 0 saturated carbocycles. The van der Waals surface area contributed by atoms with Crippen LogP contribution in [0.15, 0.2) is 36.5 Å². The lowest BCUT2D eigenvalue weighted by Gasteiger charge is -2.18. The van der Waals surface area contributed by atoms with Crippen molar-refractivity contribution in [3.8, 4) is 0 Å². The van der Waals surface area contributed by atoms with Crippen LogP contribution in [0.3, 0.4) is 0 Å². The van der Waals surface area contributed by atoms with Crippen LogP contribution in [0.25, 0.3) is 0 Å². The number of unbranched alkanes of at least 4 members (excludes halogenated alkanes) is 33. The summed E-state index contributed by atoms with van der Waals surface area (Å²) < 4.78 is 16.8. The molecule has 0 fully saturated rings. The van der Waals surface area contributed by atoms with Crippen LogP contribution >= 0.6 is 0 Å². The second-order valence-electron chi connectivity index (χ2n) is 18.5. The van der Waals surface area contributed by atoms with Crippen molar-refractivity contribution in [3.05, 3.63) is 36.5 Å². The number of hydrogen-bond donors (Lipinski definition) is 0. The van der Waals surface area contributed by atoms with Gasteiger partial charge in [-0.15, -0.1) is 0 Å². The molecule has 6 heteroatoms. The molecule has 0 aliphatic heterocycles. The standard InChI is InChI=1S/C57H104O6/c1-4-7-10-13-16-19-22-25-27-28-30-32-35-38-41-44-47-50-56(59)62-53-54(52-61-55(58)49-46-43-40-37-34-31-24-21-18-15-12-9-6-3)63-57(60)51-48-45-42-39-36-33-29-26-23-20-17-14-11-8-5-2/h16,19-20,23,25,27,54H,4-15,17-18,21-22,24,26,28-53H2,1-3H3/b19-16-,23-20-,27-25-/t54-/m0/s1. The molecule has 0 rings (SSSR count). The molecule has 63 heavy (non-hydrogen) atoms. The van der Waals surface area contributed by atoms with E-state index in [1.807, 2.05) is 0 Å². The van der Waals surface area contributed by atoms with Crippen LogP contribution in [0.5, 0.6) is 0 Å². The second-order valence-corrected chi connectivity index (χ2v) is 18.5. The van der Waals surface area contributed by atoms with Gasteiger partial charge in [-0.1, -0.05) is 231 Å². The van der Waals surface area contributed by atoms with E-state index in [1.165, 1.54) is 180 Å². The van der Waals surface area contributed by atoms with Crippen molar-refractivity contribution in [3.63, 3.8) is 0 Å². The zero-order chi connectivity index (χ0) is 45.8. The molecule has 0 radical (unpaired) electrons. The van der Waals surface area contributed by atoms with Crippen molar-refractivity contribution in [2.45, 2.75) is 297 Å². The van der Waals surface area contributed by atoms with Gasteiger partial charge in [0.15, 0.2) is 6.10 Å². The summed E-state index contributed by atoms with van der Waals surface area (Å²) >= 11 is 0. The Kier molecular flexibility index (Phi) is 50.3. The molecular weight excluding hydrogens is 781 g/mol. The van der Waals surface area contributed by atoms with E-state index in [-0.39, 0.29) is 31.1 Å². The summed E-state index contributed by atoms with van der Waals surface area (Å²) in [6, 6.07) is 0. The highest BCUT2D eigenvalue weighted by Crippen LogP contribution is 2.16. The monoisotopic (exact) mass is 885 g/mol. The van der Waals surface area contributed by atoms with Crippen molar-refractivity contribution in [2.24, 2.45) is 0 Å². The van der Waals surface area contributed by atoms with Crippen LogP contribution in [-0.2, 0) is 28.6 Å². The fourth-order valence-corrected chi connectivity index (χ4v) is 7.94. The highest BCUT2D eigenvalue weighted by Gasteiger charge is 2.19. The highest BCUT2D eigenvalue weighted by atomic mass is 16.6. The van der Waals surface area contributed by atoms with Crippen LogP contribution in [0.2, 0.25) is 0 Å². The Hall–Kier alpha value is -2.37.